The third kappa shape index (κ3) is 6.25. The molecule has 0 atom stereocenters. The summed E-state index contributed by atoms with van der Waals surface area (Å²) in [5, 5.41) is 1.70. The summed E-state index contributed by atoms with van der Waals surface area (Å²) in [6, 6.07) is 26.4. The fourth-order valence-electron chi connectivity index (χ4n) is 4.49. The first-order valence-corrected chi connectivity index (χ1v) is 12.8. The molecule has 3 heterocycles. The first-order valence-electron chi connectivity index (χ1n) is 12.8. The summed E-state index contributed by atoms with van der Waals surface area (Å²) in [7, 11) is 0. The van der Waals surface area contributed by atoms with Crippen molar-refractivity contribution in [2.24, 2.45) is 0 Å². The summed E-state index contributed by atoms with van der Waals surface area (Å²) in [4.78, 5) is 31.4. The van der Waals surface area contributed by atoms with Gasteiger partial charge >= 0.3 is 0 Å². The molecule has 5 aromatic rings. The molecule has 0 spiro atoms. The van der Waals surface area contributed by atoms with Crippen molar-refractivity contribution in [2.75, 3.05) is 19.7 Å². The van der Waals surface area contributed by atoms with Crippen molar-refractivity contribution in [1.82, 2.24) is 19.0 Å². The molecule has 0 saturated carbocycles. The molecule has 0 bridgehead atoms. The van der Waals surface area contributed by atoms with Crippen LogP contribution in [-0.4, -0.2) is 38.7 Å². The van der Waals surface area contributed by atoms with Crippen molar-refractivity contribution in [3.05, 3.63) is 136 Å². The Kier molecular flexibility index (Phi) is 8.06. The maximum Gasteiger partial charge on any atom is 0.258 e. The number of hydrogen-bond acceptors (Lipinski definition) is 5. The molecule has 38 heavy (non-hydrogen) atoms. The highest BCUT2D eigenvalue weighted by Crippen LogP contribution is 2.15. The van der Waals surface area contributed by atoms with E-state index in [-0.39, 0.29) is 11.1 Å². The van der Waals surface area contributed by atoms with Gasteiger partial charge < -0.3 is 9.30 Å². The molecule has 0 radical (unpaired) electrons. The minimum absolute atomic E-state index is 0.0384. The molecule has 7 nitrogen and oxygen atoms in total. The van der Waals surface area contributed by atoms with Crippen LogP contribution >= 0.6 is 0 Å². The lowest BCUT2D eigenvalue weighted by Gasteiger charge is -2.23. The van der Waals surface area contributed by atoms with E-state index in [1.165, 1.54) is 5.56 Å². The van der Waals surface area contributed by atoms with Crippen LogP contribution in [0.2, 0.25) is 0 Å². The van der Waals surface area contributed by atoms with Crippen LogP contribution in [0.25, 0.3) is 16.5 Å². The molecule has 0 amide bonds. The van der Waals surface area contributed by atoms with E-state index in [4.69, 9.17) is 4.74 Å². The van der Waals surface area contributed by atoms with Crippen LogP contribution < -0.4 is 15.9 Å². The highest BCUT2D eigenvalue weighted by Gasteiger charge is 2.09. The minimum Gasteiger partial charge on any atom is -0.494 e. The Balaban J connectivity index is 1.19. The molecule has 0 unspecified atom stereocenters. The molecule has 0 aliphatic carbocycles. The van der Waals surface area contributed by atoms with Gasteiger partial charge in [-0.3, -0.25) is 24.0 Å². The highest BCUT2D eigenvalue weighted by molar-refractivity contribution is 5.81. The van der Waals surface area contributed by atoms with E-state index in [0.717, 1.165) is 48.3 Å². The fourth-order valence-corrected chi connectivity index (χ4v) is 4.49. The zero-order valence-electron chi connectivity index (χ0n) is 21.1. The van der Waals surface area contributed by atoms with Gasteiger partial charge in [0.05, 0.1) is 6.61 Å². The highest BCUT2D eigenvalue weighted by atomic mass is 16.5. The summed E-state index contributed by atoms with van der Waals surface area (Å²) >= 11 is 0. The quantitative estimate of drug-likeness (QED) is 0.247. The van der Waals surface area contributed by atoms with E-state index in [9.17, 15) is 9.59 Å². The molecule has 0 saturated heterocycles. The van der Waals surface area contributed by atoms with Crippen LogP contribution in [0.5, 0.6) is 5.75 Å². The molecule has 0 aliphatic rings. The summed E-state index contributed by atoms with van der Waals surface area (Å²) < 4.78 is 9.37. The zero-order chi connectivity index (χ0) is 26.2. The van der Waals surface area contributed by atoms with Crippen LogP contribution in [0.4, 0.5) is 0 Å². The molecular formula is C31H30N4O3. The smallest absolute Gasteiger partial charge is 0.258 e. The Morgan fingerprint density at radius 2 is 1.58 bits per heavy atom. The Labute approximate surface area is 221 Å². The lowest BCUT2D eigenvalue weighted by molar-refractivity contribution is 0.221. The number of nitrogens with zero attached hydrogens (tertiary/aromatic N) is 4. The van der Waals surface area contributed by atoms with Gasteiger partial charge in [0, 0.05) is 68.1 Å². The second-order valence-electron chi connectivity index (χ2n) is 9.14. The van der Waals surface area contributed by atoms with Crippen LogP contribution in [0.3, 0.4) is 0 Å². The van der Waals surface area contributed by atoms with E-state index in [2.05, 4.69) is 9.88 Å². The summed E-state index contributed by atoms with van der Waals surface area (Å²) in [6.07, 6.45) is 8.07. The van der Waals surface area contributed by atoms with Crippen LogP contribution in [-0.2, 0) is 13.1 Å². The molecule has 5 rings (SSSR count). The second kappa shape index (κ2) is 12.2. The molecule has 7 heteroatoms. The van der Waals surface area contributed by atoms with Crippen molar-refractivity contribution < 1.29 is 4.74 Å². The summed E-state index contributed by atoms with van der Waals surface area (Å²) in [5.74, 6) is 0.765. The Morgan fingerprint density at radius 1 is 0.789 bits per heavy atom. The first-order chi connectivity index (χ1) is 18.7. The average Bonchev–Trinajstić information content (AvgIpc) is 2.96. The predicted molar refractivity (Wildman–Crippen MR) is 150 cm³/mol. The van der Waals surface area contributed by atoms with E-state index in [1.54, 1.807) is 39.9 Å². The topological polar surface area (TPSA) is 69.4 Å². The lowest BCUT2D eigenvalue weighted by Crippen LogP contribution is -2.32. The van der Waals surface area contributed by atoms with Gasteiger partial charge in [-0.05, 0) is 72.0 Å². The molecule has 192 valence electrons. The number of benzene rings is 2. The zero-order valence-corrected chi connectivity index (χ0v) is 21.1. The van der Waals surface area contributed by atoms with E-state index in [0.29, 0.717) is 13.2 Å². The van der Waals surface area contributed by atoms with Crippen molar-refractivity contribution in [1.29, 1.82) is 0 Å². The largest absolute Gasteiger partial charge is 0.494 e. The fraction of sp³-hybridized carbons (Fsp3) is 0.194. The number of ether oxygens (including phenoxy) is 1. The molecule has 3 aromatic heterocycles. The molecule has 0 fully saturated rings. The standard InChI is InChI=1S/C31H30N4O3/c36-30-8-3-4-19-35(30)27-9-11-28(12-10-27)38-23-5-18-33(24-25-13-16-32-17-14-25)21-22-34-20-15-26-6-1-2-7-29(26)31(34)37/h1-4,6-17,19-20H,5,18,21-24H2. The molecule has 2 aromatic carbocycles. The first kappa shape index (κ1) is 25.2. The van der Waals surface area contributed by atoms with Crippen LogP contribution in [0.1, 0.15) is 12.0 Å². The lowest BCUT2D eigenvalue weighted by atomic mass is 10.2. The van der Waals surface area contributed by atoms with Gasteiger partial charge in [-0.1, -0.05) is 24.3 Å². The third-order valence-corrected chi connectivity index (χ3v) is 6.52. The predicted octanol–water partition coefficient (Wildman–Crippen LogP) is 4.52. The number of rotatable bonds is 11. The Bertz CT molecular complexity index is 1590. The van der Waals surface area contributed by atoms with Crippen molar-refractivity contribution >= 4 is 10.8 Å². The van der Waals surface area contributed by atoms with Crippen molar-refractivity contribution in [2.45, 2.75) is 19.5 Å². The number of aromatic nitrogens is 3. The van der Waals surface area contributed by atoms with E-state index in [1.807, 2.05) is 79.0 Å². The number of fused-ring (bicyclic) bond motifs is 1. The van der Waals surface area contributed by atoms with E-state index < -0.39 is 0 Å². The number of hydrogen-bond donors (Lipinski definition) is 0. The maximum atomic E-state index is 12.9. The van der Waals surface area contributed by atoms with Gasteiger partial charge in [-0.2, -0.15) is 0 Å². The summed E-state index contributed by atoms with van der Waals surface area (Å²) in [6.45, 7) is 3.50. The van der Waals surface area contributed by atoms with Gasteiger partial charge in [0.25, 0.3) is 11.1 Å². The van der Waals surface area contributed by atoms with Crippen LogP contribution in [0.15, 0.2) is 119 Å². The van der Waals surface area contributed by atoms with Gasteiger partial charge in [-0.15, -0.1) is 0 Å². The van der Waals surface area contributed by atoms with Crippen molar-refractivity contribution in [3.8, 4) is 11.4 Å². The third-order valence-electron chi connectivity index (χ3n) is 6.52. The van der Waals surface area contributed by atoms with Gasteiger partial charge in [0.2, 0.25) is 0 Å². The Morgan fingerprint density at radius 3 is 2.39 bits per heavy atom. The SMILES string of the molecule is O=c1c2ccccc2ccn1CCN(CCCOc1ccc(-n2ccccc2=O)cc1)Cc1ccncc1. The van der Waals surface area contributed by atoms with Crippen molar-refractivity contribution in [3.63, 3.8) is 0 Å². The van der Waals surface area contributed by atoms with Gasteiger partial charge in [0.1, 0.15) is 5.75 Å². The number of pyridine rings is 3. The average molecular weight is 507 g/mol. The molecule has 0 N–H and O–H groups in total. The minimum atomic E-state index is -0.0681. The van der Waals surface area contributed by atoms with E-state index >= 15 is 0 Å². The Hall–Kier alpha value is -4.49. The normalized spacial score (nSPS) is 11.2. The van der Waals surface area contributed by atoms with Gasteiger partial charge in [0.15, 0.2) is 0 Å². The molecular weight excluding hydrogens is 476 g/mol. The molecule has 0 aliphatic heterocycles. The summed E-state index contributed by atoms with van der Waals surface area (Å²) in [5.41, 5.74) is 1.95. The van der Waals surface area contributed by atoms with Gasteiger partial charge in [-0.25, -0.2) is 0 Å². The monoisotopic (exact) mass is 506 g/mol. The maximum absolute atomic E-state index is 12.9. The second-order valence-corrected chi connectivity index (χ2v) is 9.14. The van der Waals surface area contributed by atoms with Crippen LogP contribution in [0, 0.1) is 0 Å².